The zero-order valence-corrected chi connectivity index (χ0v) is 8.19. The van der Waals surface area contributed by atoms with Gasteiger partial charge in [-0.3, -0.25) is 0 Å². The van der Waals surface area contributed by atoms with Gasteiger partial charge in [-0.25, -0.2) is 0 Å². The molecule has 2 rings (SSSR count). The Kier molecular flexibility index (Phi) is 2.70. The van der Waals surface area contributed by atoms with E-state index in [9.17, 15) is 5.11 Å². The van der Waals surface area contributed by atoms with Gasteiger partial charge in [0.1, 0.15) is 11.9 Å². The first-order valence-corrected chi connectivity index (χ1v) is 4.74. The molecule has 0 bridgehead atoms. The second kappa shape index (κ2) is 3.98. The lowest BCUT2D eigenvalue weighted by Gasteiger charge is -2.11. The van der Waals surface area contributed by atoms with Crippen molar-refractivity contribution in [1.29, 1.82) is 0 Å². The minimum absolute atomic E-state index is 0.375. The molecule has 1 atom stereocenters. The van der Waals surface area contributed by atoms with Gasteiger partial charge in [-0.2, -0.15) is 0 Å². The summed E-state index contributed by atoms with van der Waals surface area (Å²) in [6.07, 6.45) is 0.332. The van der Waals surface area contributed by atoms with Gasteiger partial charge in [0, 0.05) is 0 Å². The summed E-state index contributed by atoms with van der Waals surface area (Å²) >= 11 is 0. The Morgan fingerprint density at radius 3 is 3.14 bits per heavy atom. The second-order valence-corrected chi connectivity index (χ2v) is 3.41. The molecule has 3 nitrogen and oxygen atoms in total. The van der Waals surface area contributed by atoms with Crippen LogP contribution in [0, 0.1) is 0 Å². The minimum atomic E-state index is -0.525. The van der Waals surface area contributed by atoms with Gasteiger partial charge in [-0.05, 0) is 29.7 Å². The van der Waals surface area contributed by atoms with Crippen molar-refractivity contribution in [3.05, 3.63) is 29.3 Å². The van der Waals surface area contributed by atoms with E-state index in [1.54, 1.807) is 7.11 Å². The van der Waals surface area contributed by atoms with Crippen molar-refractivity contribution in [2.75, 3.05) is 20.3 Å². The normalized spacial score (nSPS) is 21.1. The molecule has 3 heteroatoms. The molecule has 1 N–H and O–H groups in total. The molecule has 0 fully saturated rings. The van der Waals surface area contributed by atoms with E-state index in [-0.39, 0.29) is 0 Å². The zero-order valence-electron chi connectivity index (χ0n) is 8.19. The molecule has 1 aliphatic rings. The van der Waals surface area contributed by atoms with E-state index >= 15 is 0 Å². The van der Waals surface area contributed by atoms with Crippen molar-refractivity contribution in [1.82, 2.24) is 0 Å². The summed E-state index contributed by atoms with van der Waals surface area (Å²) in [5, 5.41) is 9.78. The van der Waals surface area contributed by atoms with Crippen LogP contribution in [0.3, 0.4) is 0 Å². The van der Waals surface area contributed by atoms with Crippen molar-refractivity contribution < 1.29 is 14.6 Å². The highest BCUT2D eigenvalue weighted by atomic mass is 16.5. The molecule has 1 unspecified atom stereocenters. The van der Waals surface area contributed by atoms with Crippen molar-refractivity contribution in [2.24, 2.45) is 0 Å². The number of fused-ring (bicyclic) bond motifs is 1. The Bertz CT molecular complexity index is 322. The molecular formula is C11H14O3. The molecule has 1 aromatic rings. The Hall–Kier alpha value is -1.06. The van der Waals surface area contributed by atoms with Gasteiger partial charge in [-0.1, -0.05) is 6.07 Å². The third-order valence-electron chi connectivity index (χ3n) is 2.50. The Balaban J connectivity index is 2.39. The molecule has 0 saturated heterocycles. The standard InChI is InChI=1S/C11H14O3/c1-13-9-3-2-8-4-5-14-7-11(12)10(8)6-9/h2-3,6,11-12H,4-5,7H2,1H3. The van der Waals surface area contributed by atoms with E-state index in [1.807, 2.05) is 18.2 Å². The van der Waals surface area contributed by atoms with Crippen LogP contribution >= 0.6 is 0 Å². The molecule has 0 aliphatic carbocycles. The fraction of sp³-hybridized carbons (Fsp3) is 0.455. The molecule has 76 valence electrons. The summed E-state index contributed by atoms with van der Waals surface area (Å²) in [7, 11) is 1.63. The van der Waals surface area contributed by atoms with Gasteiger partial charge in [-0.15, -0.1) is 0 Å². The molecule has 1 aliphatic heterocycles. The molecular weight excluding hydrogens is 180 g/mol. The smallest absolute Gasteiger partial charge is 0.119 e. The summed E-state index contributed by atoms with van der Waals surface area (Å²) in [4.78, 5) is 0. The highest BCUT2D eigenvalue weighted by Gasteiger charge is 2.16. The number of rotatable bonds is 1. The zero-order chi connectivity index (χ0) is 9.97. The number of aliphatic hydroxyl groups is 1. The number of hydrogen-bond acceptors (Lipinski definition) is 3. The largest absolute Gasteiger partial charge is 0.497 e. The van der Waals surface area contributed by atoms with Gasteiger partial charge in [0.15, 0.2) is 0 Å². The number of ether oxygens (including phenoxy) is 2. The summed E-state index contributed by atoms with van der Waals surface area (Å²) in [6.45, 7) is 1.05. The lowest BCUT2D eigenvalue weighted by molar-refractivity contribution is 0.0451. The minimum Gasteiger partial charge on any atom is -0.497 e. The molecule has 0 spiro atoms. The maximum absolute atomic E-state index is 9.78. The lowest BCUT2D eigenvalue weighted by Crippen LogP contribution is -2.04. The van der Waals surface area contributed by atoms with Crippen LogP contribution in [0.25, 0.3) is 0 Å². The predicted molar refractivity (Wildman–Crippen MR) is 52.5 cm³/mol. The Labute approximate surface area is 83.3 Å². The maximum Gasteiger partial charge on any atom is 0.119 e. The van der Waals surface area contributed by atoms with E-state index in [0.717, 1.165) is 23.3 Å². The monoisotopic (exact) mass is 194 g/mol. The van der Waals surface area contributed by atoms with Crippen molar-refractivity contribution in [2.45, 2.75) is 12.5 Å². The Morgan fingerprint density at radius 2 is 2.36 bits per heavy atom. The summed E-state index contributed by atoms with van der Waals surface area (Å²) in [5.41, 5.74) is 2.08. The third-order valence-corrected chi connectivity index (χ3v) is 2.50. The first-order chi connectivity index (χ1) is 6.81. The molecule has 14 heavy (non-hydrogen) atoms. The van der Waals surface area contributed by atoms with Crippen LogP contribution in [0.15, 0.2) is 18.2 Å². The van der Waals surface area contributed by atoms with Gasteiger partial charge >= 0.3 is 0 Å². The van der Waals surface area contributed by atoms with Crippen LogP contribution < -0.4 is 4.74 Å². The number of benzene rings is 1. The van der Waals surface area contributed by atoms with Crippen LogP contribution in [0.1, 0.15) is 17.2 Å². The third kappa shape index (κ3) is 1.74. The first-order valence-electron chi connectivity index (χ1n) is 4.74. The van der Waals surface area contributed by atoms with Crippen molar-refractivity contribution >= 4 is 0 Å². The van der Waals surface area contributed by atoms with E-state index in [1.165, 1.54) is 0 Å². The van der Waals surface area contributed by atoms with Crippen LogP contribution in [-0.4, -0.2) is 25.4 Å². The van der Waals surface area contributed by atoms with E-state index in [2.05, 4.69) is 0 Å². The first kappa shape index (κ1) is 9.49. The van der Waals surface area contributed by atoms with Crippen molar-refractivity contribution in [3.63, 3.8) is 0 Å². The van der Waals surface area contributed by atoms with Gasteiger partial charge in [0.05, 0.1) is 20.3 Å². The second-order valence-electron chi connectivity index (χ2n) is 3.41. The summed E-state index contributed by atoms with van der Waals surface area (Å²) in [6, 6.07) is 5.79. The van der Waals surface area contributed by atoms with E-state index < -0.39 is 6.10 Å². The maximum atomic E-state index is 9.78. The van der Waals surface area contributed by atoms with Gasteiger partial charge in [0.25, 0.3) is 0 Å². The van der Waals surface area contributed by atoms with Gasteiger partial charge in [0.2, 0.25) is 0 Å². The van der Waals surface area contributed by atoms with E-state index in [0.29, 0.717) is 13.2 Å². The quantitative estimate of drug-likeness (QED) is 0.732. The summed E-state index contributed by atoms with van der Waals surface area (Å²) in [5.74, 6) is 0.782. The molecule has 1 aromatic carbocycles. The summed E-state index contributed by atoms with van der Waals surface area (Å²) < 4.78 is 10.4. The Morgan fingerprint density at radius 1 is 1.50 bits per heavy atom. The van der Waals surface area contributed by atoms with Crippen LogP contribution in [0.4, 0.5) is 0 Å². The highest BCUT2D eigenvalue weighted by Crippen LogP contribution is 2.26. The number of hydrogen-bond donors (Lipinski definition) is 1. The average Bonchev–Trinajstić information content (AvgIpc) is 2.40. The molecule has 1 heterocycles. The van der Waals surface area contributed by atoms with Crippen LogP contribution in [0.2, 0.25) is 0 Å². The predicted octanol–water partition coefficient (Wildman–Crippen LogP) is 1.30. The SMILES string of the molecule is COc1ccc2c(c1)C(O)COCC2. The fourth-order valence-corrected chi connectivity index (χ4v) is 1.70. The average molecular weight is 194 g/mol. The fourth-order valence-electron chi connectivity index (χ4n) is 1.70. The number of methoxy groups -OCH3 is 1. The van der Waals surface area contributed by atoms with Gasteiger partial charge < -0.3 is 14.6 Å². The van der Waals surface area contributed by atoms with Crippen LogP contribution in [0.5, 0.6) is 5.75 Å². The van der Waals surface area contributed by atoms with Crippen molar-refractivity contribution in [3.8, 4) is 5.75 Å². The molecule has 0 amide bonds. The highest BCUT2D eigenvalue weighted by molar-refractivity contribution is 5.37. The lowest BCUT2D eigenvalue weighted by atomic mass is 10.0. The van der Waals surface area contributed by atoms with Crippen LogP contribution in [-0.2, 0) is 11.2 Å². The molecule has 0 saturated carbocycles. The topological polar surface area (TPSA) is 38.7 Å². The number of aliphatic hydroxyl groups excluding tert-OH is 1. The molecule has 0 aromatic heterocycles. The molecule has 0 radical (unpaired) electrons. The van der Waals surface area contributed by atoms with E-state index in [4.69, 9.17) is 9.47 Å².